The van der Waals surface area contributed by atoms with E-state index in [1.165, 1.54) is 0 Å². The van der Waals surface area contributed by atoms with Crippen LogP contribution in [0, 0.1) is 20.8 Å². The number of amides is 1. The molecule has 7 nitrogen and oxygen atoms in total. The highest BCUT2D eigenvalue weighted by Gasteiger charge is 2.19. The van der Waals surface area contributed by atoms with Crippen LogP contribution in [0.3, 0.4) is 0 Å². The van der Waals surface area contributed by atoms with Crippen LogP contribution in [0.1, 0.15) is 39.7 Å². The third-order valence-corrected chi connectivity index (χ3v) is 5.26. The topological polar surface area (TPSA) is 85.6 Å². The van der Waals surface area contributed by atoms with Crippen molar-refractivity contribution in [2.24, 2.45) is 0 Å². The summed E-state index contributed by atoms with van der Waals surface area (Å²) in [5.74, 6) is 0.660. The number of carbonyl (C=O) groups is 1. The Morgan fingerprint density at radius 2 is 1.74 bits per heavy atom. The summed E-state index contributed by atoms with van der Waals surface area (Å²) < 4.78 is 1.66. The van der Waals surface area contributed by atoms with Crippen molar-refractivity contribution in [2.45, 2.75) is 33.2 Å². The molecule has 0 spiro atoms. The average molecular weight is 412 g/mol. The Labute approximate surface area is 181 Å². The Balaban J connectivity index is 1.54. The van der Waals surface area contributed by atoms with E-state index in [0.29, 0.717) is 5.82 Å². The third kappa shape index (κ3) is 4.66. The molecule has 7 heteroatoms. The molecule has 1 N–H and O–H groups in total. The number of pyridine rings is 1. The smallest absolute Gasteiger partial charge is 0.225 e. The zero-order valence-electron chi connectivity index (χ0n) is 17.8. The van der Waals surface area contributed by atoms with Crippen LogP contribution in [0.5, 0.6) is 0 Å². The zero-order chi connectivity index (χ0) is 21.8. The fourth-order valence-corrected chi connectivity index (χ4v) is 3.59. The third-order valence-electron chi connectivity index (χ3n) is 5.26. The summed E-state index contributed by atoms with van der Waals surface area (Å²) >= 11 is 0. The van der Waals surface area contributed by atoms with Gasteiger partial charge in [0.1, 0.15) is 0 Å². The lowest BCUT2D eigenvalue weighted by Gasteiger charge is -2.22. The second kappa shape index (κ2) is 8.87. The summed E-state index contributed by atoms with van der Waals surface area (Å²) in [5.41, 5.74) is 6.15. The van der Waals surface area contributed by atoms with Gasteiger partial charge in [0.2, 0.25) is 5.91 Å². The van der Waals surface area contributed by atoms with Crippen molar-refractivity contribution in [1.29, 1.82) is 0 Å². The van der Waals surface area contributed by atoms with Crippen molar-refractivity contribution in [3.63, 3.8) is 0 Å². The van der Waals surface area contributed by atoms with Crippen LogP contribution in [0.15, 0.2) is 67.0 Å². The molecule has 0 radical (unpaired) electrons. The standard InChI is InChI=1S/C24H24N6O/c1-16-4-5-17(2)22(14-16)24(20-10-12-25-13-11-20)26-23(31)15-19-6-8-21(9-7-19)30-18(3)27-28-29-30/h4-14,24H,15H2,1-3H3,(H,26,31)/t24-/m0/s1. The Kier molecular flexibility index (Phi) is 5.84. The first-order chi connectivity index (χ1) is 15.0. The van der Waals surface area contributed by atoms with Crippen LogP contribution in [-0.4, -0.2) is 31.1 Å². The van der Waals surface area contributed by atoms with E-state index in [0.717, 1.165) is 33.5 Å². The summed E-state index contributed by atoms with van der Waals surface area (Å²) in [5, 5.41) is 14.8. The first-order valence-electron chi connectivity index (χ1n) is 10.1. The number of hydrogen-bond donors (Lipinski definition) is 1. The maximum absolute atomic E-state index is 13.0. The van der Waals surface area contributed by atoms with Gasteiger partial charge < -0.3 is 5.32 Å². The molecular weight excluding hydrogens is 388 g/mol. The van der Waals surface area contributed by atoms with E-state index in [9.17, 15) is 4.79 Å². The fraction of sp³-hybridized carbons (Fsp3) is 0.208. The van der Waals surface area contributed by atoms with Crippen LogP contribution in [-0.2, 0) is 11.2 Å². The minimum atomic E-state index is -0.237. The first kappa shape index (κ1) is 20.4. The molecule has 0 aliphatic carbocycles. The summed E-state index contributed by atoms with van der Waals surface area (Å²) in [6, 6.07) is 17.6. The van der Waals surface area contributed by atoms with Gasteiger partial charge in [-0.1, -0.05) is 35.9 Å². The van der Waals surface area contributed by atoms with E-state index < -0.39 is 0 Å². The summed E-state index contributed by atoms with van der Waals surface area (Å²) in [6.45, 7) is 5.96. The highest BCUT2D eigenvalue weighted by Crippen LogP contribution is 2.26. The molecule has 0 saturated carbocycles. The molecule has 31 heavy (non-hydrogen) atoms. The molecule has 2 aromatic carbocycles. The minimum absolute atomic E-state index is 0.0472. The van der Waals surface area contributed by atoms with Crippen molar-refractivity contribution in [3.8, 4) is 5.69 Å². The van der Waals surface area contributed by atoms with Gasteiger partial charge in [-0.05, 0) is 77.7 Å². The van der Waals surface area contributed by atoms with Crippen LogP contribution < -0.4 is 5.32 Å². The maximum atomic E-state index is 13.0. The van der Waals surface area contributed by atoms with Crippen molar-refractivity contribution >= 4 is 5.91 Å². The van der Waals surface area contributed by atoms with Gasteiger partial charge in [-0.2, -0.15) is 4.68 Å². The summed E-state index contributed by atoms with van der Waals surface area (Å²) in [4.78, 5) is 17.1. The molecule has 0 saturated heterocycles. The molecule has 0 bridgehead atoms. The lowest BCUT2D eigenvalue weighted by molar-refractivity contribution is -0.120. The maximum Gasteiger partial charge on any atom is 0.225 e. The average Bonchev–Trinajstić information content (AvgIpc) is 3.21. The normalized spacial score (nSPS) is 11.8. The lowest BCUT2D eigenvalue weighted by Crippen LogP contribution is -2.31. The van der Waals surface area contributed by atoms with Gasteiger partial charge in [-0.15, -0.1) is 5.10 Å². The van der Waals surface area contributed by atoms with Gasteiger partial charge >= 0.3 is 0 Å². The first-order valence-corrected chi connectivity index (χ1v) is 10.1. The van der Waals surface area contributed by atoms with Gasteiger partial charge in [-0.25, -0.2) is 0 Å². The van der Waals surface area contributed by atoms with Crippen LogP contribution >= 0.6 is 0 Å². The Hall–Kier alpha value is -3.87. The van der Waals surface area contributed by atoms with E-state index >= 15 is 0 Å². The number of hydrogen-bond acceptors (Lipinski definition) is 5. The molecular formula is C24H24N6O. The highest BCUT2D eigenvalue weighted by molar-refractivity contribution is 5.79. The van der Waals surface area contributed by atoms with Crippen molar-refractivity contribution < 1.29 is 4.79 Å². The van der Waals surface area contributed by atoms with Gasteiger partial charge in [-0.3, -0.25) is 9.78 Å². The van der Waals surface area contributed by atoms with Gasteiger partial charge in [0, 0.05) is 12.4 Å². The summed E-state index contributed by atoms with van der Waals surface area (Å²) in [7, 11) is 0. The lowest BCUT2D eigenvalue weighted by atomic mass is 9.94. The number of aromatic nitrogens is 5. The largest absolute Gasteiger partial charge is 0.345 e. The number of nitrogens with one attached hydrogen (secondary N) is 1. The summed E-state index contributed by atoms with van der Waals surface area (Å²) in [6.07, 6.45) is 3.78. The second-order valence-electron chi connectivity index (χ2n) is 7.62. The Bertz CT molecular complexity index is 1180. The predicted molar refractivity (Wildman–Crippen MR) is 118 cm³/mol. The Morgan fingerprint density at radius 3 is 2.42 bits per heavy atom. The molecule has 156 valence electrons. The molecule has 0 unspecified atom stereocenters. The molecule has 0 aliphatic heterocycles. The molecule has 0 fully saturated rings. The fourth-order valence-electron chi connectivity index (χ4n) is 3.59. The van der Waals surface area contributed by atoms with E-state index in [1.54, 1.807) is 17.1 Å². The molecule has 2 aromatic heterocycles. The van der Waals surface area contributed by atoms with Gasteiger partial charge in [0.25, 0.3) is 0 Å². The second-order valence-corrected chi connectivity index (χ2v) is 7.62. The van der Waals surface area contributed by atoms with E-state index in [1.807, 2.05) is 43.3 Å². The quantitative estimate of drug-likeness (QED) is 0.524. The van der Waals surface area contributed by atoms with E-state index in [4.69, 9.17) is 0 Å². The van der Waals surface area contributed by atoms with Crippen molar-refractivity contribution in [1.82, 2.24) is 30.5 Å². The minimum Gasteiger partial charge on any atom is -0.345 e. The van der Waals surface area contributed by atoms with E-state index in [-0.39, 0.29) is 18.4 Å². The number of carbonyl (C=O) groups excluding carboxylic acids is 1. The van der Waals surface area contributed by atoms with Gasteiger partial charge in [0.05, 0.1) is 18.2 Å². The van der Waals surface area contributed by atoms with Gasteiger partial charge in [0.15, 0.2) is 5.82 Å². The molecule has 4 rings (SSSR count). The zero-order valence-corrected chi connectivity index (χ0v) is 17.8. The number of rotatable bonds is 6. The van der Waals surface area contributed by atoms with Crippen molar-refractivity contribution in [2.75, 3.05) is 0 Å². The van der Waals surface area contributed by atoms with Crippen LogP contribution in [0.4, 0.5) is 0 Å². The van der Waals surface area contributed by atoms with Crippen LogP contribution in [0.25, 0.3) is 5.69 Å². The molecule has 0 aliphatic rings. The monoisotopic (exact) mass is 412 g/mol. The SMILES string of the molecule is Cc1ccc(C)c([C@@H](NC(=O)Cc2ccc(-n3nnnc3C)cc2)c2ccncc2)c1. The molecule has 1 atom stereocenters. The Morgan fingerprint density at radius 1 is 1.00 bits per heavy atom. The number of benzene rings is 2. The number of nitrogens with zero attached hydrogens (tertiary/aromatic N) is 5. The molecule has 1 amide bonds. The highest BCUT2D eigenvalue weighted by atomic mass is 16.1. The van der Waals surface area contributed by atoms with E-state index in [2.05, 4.69) is 57.9 Å². The molecule has 4 aromatic rings. The van der Waals surface area contributed by atoms with Crippen molar-refractivity contribution in [3.05, 3.63) is 101 Å². The number of tetrazole rings is 1. The number of aryl methyl sites for hydroxylation is 3. The van der Waals surface area contributed by atoms with Crippen LogP contribution in [0.2, 0.25) is 0 Å². The predicted octanol–water partition coefficient (Wildman–Crippen LogP) is 3.43. The molecule has 2 heterocycles.